The van der Waals surface area contributed by atoms with Gasteiger partial charge in [0.05, 0.1) is 12.1 Å². The first-order valence-corrected chi connectivity index (χ1v) is 8.10. The van der Waals surface area contributed by atoms with E-state index >= 15 is 0 Å². The number of carboxylic acid groups (broad SMARTS) is 1. The number of nitrogens with zero attached hydrogens (tertiary/aromatic N) is 2. The van der Waals surface area contributed by atoms with Gasteiger partial charge < -0.3 is 5.11 Å². The molecule has 0 aliphatic rings. The third-order valence-electron chi connectivity index (χ3n) is 3.24. The molecule has 2 rings (SSSR count). The molecule has 0 unspecified atom stereocenters. The number of aromatic nitrogens is 2. The second kappa shape index (κ2) is 7.31. The first-order chi connectivity index (χ1) is 10.1. The number of hydrogen-bond acceptors (Lipinski definition) is 3. The van der Waals surface area contributed by atoms with E-state index < -0.39 is 5.97 Å². The number of aryl methyl sites for hydroxylation is 2. The third-order valence-corrected chi connectivity index (χ3v) is 4.29. The highest BCUT2D eigenvalue weighted by Gasteiger charge is 2.06. The average Bonchev–Trinajstić information content (AvgIpc) is 2.88. The molecule has 1 heterocycles. The molecule has 2 aromatic rings. The van der Waals surface area contributed by atoms with Crippen molar-refractivity contribution in [1.82, 2.24) is 9.78 Å². The van der Waals surface area contributed by atoms with Crippen LogP contribution in [0.15, 0.2) is 35.2 Å². The molecule has 0 saturated heterocycles. The van der Waals surface area contributed by atoms with Crippen LogP contribution in [0.25, 0.3) is 0 Å². The SMILES string of the molecule is CCc1cc(CSc2ccc(CC(=O)O)cc2)n(CC)n1. The van der Waals surface area contributed by atoms with Gasteiger partial charge >= 0.3 is 5.97 Å². The highest BCUT2D eigenvalue weighted by molar-refractivity contribution is 7.98. The summed E-state index contributed by atoms with van der Waals surface area (Å²) in [5.41, 5.74) is 3.19. The third kappa shape index (κ3) is 4.36. The van der Waals surface area contributed by atoms with Crippen molar-refractivity contribution in [2.45, 2.75) is 43.9 Å². The number of aliphatic carboxylic acids is 1. The van der Waals surface area contributed by atoms with Crippen LogP contribution >= 0.6 is 11.8 Å². The minimum Gasteiger partial charge on any atom is -0.481 e. The Hall–Kier alpha value is -1.75. The zero-order valence-electron chi connectivity index (χ0n) is 12.4. The van der Waals surface area contributed by atoms with Crippen molar-refractivity contribution in [3.8, 4) is 0 Å². The Kier molecular flexibility index (Phi) is 5.44. The van der Waals surface area contributed by atoms with Gasteiger partial charge in [0.15, 0.2) is 0 Å². The average molecular weight is 304 g/mol. The molecule has 0 saturated carbocycles. The normalized spacial score (nSPS) is 10.8. The lowest BCUT2D eigenvalue weighted by atomic mass is 10.2. The Bertz CT molecular complexity index is 605. The molecule has 0 amide bonds. The molecule has 1 aromatic carbocycles. The standard InChI is InChI=1S/C16H20N2O2S/c1-3-13-10-14(18(4-2)17-13)11-21-15-7-5-12(6-8-15)9-16(19)20/h5-8,10H,3-4,9,11H2,1-2H3,(H,19,20). The largest absolute Gasteiger partial charge is 0.481 e. The van der Waals surface area contributed by atoms with Crippen LogP contribution in [0.2, 0.25) is 0 Å². The van der Waals surface area contributed by atoms with Crippen LogP contribution in [0.3, 0.4) is 0 Å². The van der Waals surface area contributed by atoms with Crippen molar-refractivity contribution in [3.63, 3.8) is 0 Å². The molecule has 4 nitrogen and oxygen atoms in total. The van der Waals surface area contributed by atoms with Gasteiger partial charge in [-0.3, -0.25) is 9.48 Å². The zero-order chi connectivity index (χ0) is 15.2. The van der Waals surface area contributed by atoms with E-state index in [-0.39, 0.29) is 6.42 Å². The minimum atomic E-state index is -0.797. The lowest BCUT2D eigenvalue weighted by Crippen LogP contribution is -2.01. The smallest absolute Gasteiger partial charge is 0.307 e. The van der Waals surface area contributed by atoms with Crippen LogP contribution < -0.4 is 0 Å². The van der Waals surface area contributed by atoms with E-state index in [0.717, 1.165) is 34.9 Å². The van der Waals surface area contributed by atoms with E-state index in [1.54, 1.807) is 11.8 Å². The first-order valence-electron chi connectivity index (χ1n) is 7.11. The maximum absolute atomic E-state index is 10.7. The van der Waals surface area contributed by atoms with Crippen molar-refractivity contribution < 1.29 is 9.90 Å². The molecule has 0 atom stereocenters. The van der Waals surface area contributed by atoms with Crippen molar-refractivity contribution >= 4 is 17.7 Å². The van der Waals surface area contributed by atoms with E-state index in [0.29, 0.717) is 0 Å². The maximum Gasteiger partial charge on any atom is 0.307 e. The molecule has 0 spiro atoms. The van der Waals surface area contributed by atoms with Crippen LogP contribution in [0.5, 0.6) is 0 Å². The van der Waals surface area contributed by atoms with E-state index in [1.807, 2.05) is 28.9 Å². The Morgan fingerprint density at radius 3 is 2.57 bits per heavy atom. The molecule has 0 aliphatic heterocycles. The monoisotopic (exact) mass is 304 g/mol. The van der Waals surface area contributed by atoms with E-state index in [9.17, 15) is 4.79 Å². The number of rotatable bonds is 7. The summed E-state index contributed by atoms with van der Waals surface area (Å²) < 4.78 is 2.05. The van der Waals surface area contributed by atoms with Gasteiger partial charge in [-0.1, -0.05) is 19.1 Å². The van der Waals surface area contributed by atoms with Gasteiger partial charge in [0, 0.05) is 22.9 Å². The second-order valence-electron chi connectivity index (χ2n) is 4.80. The number of thioether (sulfide) groups is 1. The van der Waals surface area contributed by atoms with E-state index in [1.165, 1.54) is 5.69 Å². The molecule has 0 aliphatic carbocycles. The quantitative estimate of drug-likeness (QED) is 0.797. The number of hydrogen-bond donors (Lipinski definition) is 1. The minimum absolute atomic E-state index is 0.0768. The van der Waals surface area contributed by atoms with Crippen molar-refractivity contribution in [1.29, 1.82) is 0 Å². The van der Waals surface area contributed by atoms with Crippen LogP contribution in [-0.4, -0.2) is 20.9 Å². The molecule has 0 bridgehead atoms. The summed E-state index contributed by atoms with van der Waals surface area (Å²) in [6.45, 7) is 5.09. The summed E-state index contributed by atoms with van der Waals surface area (Å²) in [7, 11) is 0. The van der Waals surface area contributed by atoms with Gasteiger partial charge in [-0.05, 0) is 37.1 Å². The summed E-state index contributed by atoms with van der Waals surface area (Å²) in [6, 6.07) is 9.89. The molecule has 1 aromatic heterocycles. The molecule has 1 N–H and O–H groups in total. The summed E-state index contributed by atoms with van der Waals surface area (Å²) in [5.74, 6) is 0.0772. The summed E-state index contributed by atoms with van der Waals surface area (Å²) in [4.78, 5) is 11.8. The number of carbonyl (C=O) groups is 1. The topological polar surface area (TPSA) is 55.1 Å². The van der Waals surface area contributed by atoms with E-state index in [2.05, 4.69) is 25.0 Å². The second-order valence-corrected chi connectivity index (χ2v) is 5.85. The fourth-order valence-electron chi connectivity index (χ4n) is 2.11. The molecule has 5 heteroatoms. The fraction of sp³-hybridized carbons (Fsp3) is 0.375. The predicted octanol–water partition coefficient (Wildman–Crippen LogP) is 3.38. The summed E-state index contributed by atoms with van der Waals surface area (Å²) >= 11 is 1.75. The predicted molar refractivity (Wildman–Crippen MR) is 84.6 cm³/mol. The lowest BCUT2D eigenvalue weighted by Gasteiger charge is -2.05. The van der Waals surface area contributed by atoms with Gasteiger partial charge in [0.2, 0.25) is 0 Å². The van der Waals surface area contributed by atoms with Gasteiger partial charge in [-0.25, -0.2) is 0 Å². The first kappa shape index (κ1) is 15.6. The fourth-order valence-corrected chi connectivity index (χ4v) is 2.99. The van der Waals surface area contributed by atoms with Crippen molar-refractivity contribution in [3.05, 3.63) is 47.3 Å². The molecule has 0 fully saturated rings. The van der Waals surface area contributed by atoms with Gasteiger partial charge in [-0.15, -0.1) is 11.8 Å². The van der Waals surface area contributed by atoms with Crippen LogP contribution in [0.1, 0.15) is 30.8 Å². The number of carboxylic acids is 1. The van der Waals surface area contributed by atoms with Crippen LogP contribution in [-0.2, 0) is 29.9 Å². The molecule has 21 heavy (non-hydrogen) atoms. The van der Waals surface area contributed by atoms with Crippen LogP contribution in [0.4, 0.5) is 0 Å². The van der Waals surface area contributed by atoms with Crippen molar-refractivity contribution in [2.75, 3.05) is 0 Å². The summed E-state index contributed by atoms with van der Waals surface area (Å²) in [5, 5.41) is 13.3. The Balaban J connectivity index is 1.99. The van der Waals surface area contributed by atoms with Gasteiger partial charge in [0.1, 0.15) is 0 Å². The number of benzene rings is 1. The van der Waals surface area contributed by atoms with E-state index in [4.69, 9.17) is 5.11 Å². The molecular formula is C16H20N2O2S. The van der Waals surface area contributed by atoms with Crippen molar-refractivity contribution in [2.24, 2.45) is 0 Å². The Morgan fingerprint density at radius 1 is 1.29 bits per heavy atom. The zero-order valence-corrected chi connectivity index (χ0v) is 13.2. The Labute approximate surface area is 129 Å². The Morgan fingerprint density at radius 2 is 2.00 bits per heavy atom. The van der Waals surface area contributed by atoms with Gasteiger partial charge in [-0.2, -0.15) is 5.10 Å². The molecular weight excluding hydrogens is 284 g/mol. The van der Waals surface area contributed by atoms with Crippen LogP contribution in [0, 0.1) is 0 Å². The molecule has 0 radical (unpaired) electrons. The maximum atomic E-state index is 10.7. The highest BCUT2D eigenvalue weighted by atomic mass is 32.2. The summed E-state index contributed by atoms with van der Waals surface area (Å²) in [6.07, 6.45) is 1.03. The lowest BCUT2D eigenvalue weighted by molar-refractivity contribution is -0.136. The molecule has 112 valence electrons. The van der Waals surface area contributed by atoms with Gasteiger partial charge in [0.25, 0.3) is 0 Å². The highest BCUT2D eigenvalue weighted by Crippen LogP contribution is 2.24.